The molecule has 5 rings (SSSR count). The lowest BCUT2D eigenvalue weighted by Gasteiger charge is -2.35. The van der Waals surface area contributed by atoms with Crippen molar-refractivity contribution in [2.45, 2.75) is 43.8 Å². The molecule has 4 aromatic rings. The number of aliphatic hydroxyl groups is 1. The van der Waals surface area contributed by atoms with Gasteiger partial charge in [-0.2, -0.15) is 0 Å². The third-order valence-corrected chi connectivity index (χ3v) is 7.75. The molecule has 8 nitrogen and oxygen atoms in total. The van der Waals surface area contributed by atoms with Crippen LogP contribution in [0.3, 0.4) is 0 Å². The smallest absolute Gasteiger partial charge is 0.193 e. The average Bonchev–Trinajstić information content (AvgIpc) is 3.00. The molecule has 5 N–H and O–H groups in total. The quantitative estimate of drug-likeness (QED) is 0.107. The molecule has 0 bridgehead atoms. The number of carbonyl (C=O) groups is 1. The van der Waals surface area contributed by atoms with Gasteiger partial charge in [0.1, 0.15) is 46.2 Å². The molecule has 0 saturated carbocycles. The van der Waals surface area contributed by atoms with Crippen molar-refractivity contribution in [2.75, 3.05) is 7.11 Å². The summed E-state index contributed by atoms with van der Waals surface area (Å²) in [5.74, 6) is -0.174. The number of benzene rings is 4. The number of ether oxygens (including phenoxy) is 2. The number of allylic oxidation sites excluding steroid dienone is 1. The van der Waals surface area contributed by atoms with E-state index < -0.39 is 18.0 Å². The molecule has 0 fully saturated rings. The molecule has 3 atom stereocenters. The van der Waals surface area contributed by atoms with Crippen molar-refractivity contribution in [3.05, 3.63) is 113 Å². The minimum absolute atomic E-state index is 0.00783. The predicted octanol–water partition coefficient (Wildman–Crippen LogP) is 6.40. The first kappa shape index (κ1) is 29.5. The lowest BCUT2D eigenvalue weighted by molar-refractivity contribution is 0.103. The molecule has 0 unspecified atom stereocenters. The number of methoxy groups -OCH3 is 1. The fourth-order valence-electron chi connectivity index (χ4n) is 5.50. The second-order valence-corrected chi connectivity index (χ2v) is 10.7. The van der Waals surface area contributed by atoms with Gasteiger partial charge in [-0.3, -0.25) is 4.79 Å². The number of carbonyl (C=O) groups excluding carboxylic acids is 1. The Morgan fingerprint density at radius 1 is 0.930 bits per heavy atom. The van der Waals surface area contributed by atoms with Gasteiger partial charge in [-0.05, 0) is 90.8 Å². The van der Waals surface area contributed by atoms with E-state index in [0.717, 1.165) is 11.1 Å². The number of phenols is 4. The molecule has 0 radical (unpaired) electrons. The number of rotatable bonds is 10. The SMILES string of the molecule is COc1cc2c(c(O)c1C(=O)/C=C/c1ccc(O)cc1)[C@@H](C[C@@H](O)CCc1ccc(O)cc1)C[C@H](c1ccc(O)cc1)O2. The first-order valence-corrected chi connectivity index (χ1v) is 14.1. The van der Waals surface area contributed by atoms with Gasteiger partial charge in [0, 0.05) is 11.6 Å². The van der Waals surface area contributed by atoms with E-state index in [9.17, 15) is 30.3 Å². The summed E-state index contributed by atoms with van der Waals surface area (Å²) in [6.45, 7) is 0. The van der Waals surface area contributed by atoms with E-state index in [1.807, 2.05) is 12.1 Å². The number of ketones is 1. The standard InChI is InChI=1S/C35H34O8/c1-42-31-20-32-33(35(41)34(31)29(40)17-7-22-4-12-26(37)13-5-22)24(19-30(43-32)23-8-15-27(38)16-9-23)18-28(39)14-6-21-2-10-25(36)11-3-21/h2-5,7-13,15-17,20,24,28,30,36-39,41H,6,14,18-19H2,1H3/b17-7+/t24-,28-,30+/m0/s1. The maximum absolute atomic E-state index is 13.4. The van der Waals surface area contributed by atoms with E-state index in [1.165, 1.54) is 25.3 Å². The maximum Gasteiger partial charge on any atom is 0.193 e. The van der Waals surface area contributed by atoms with Crippen LogP contribution in [0.15, 0.2) is 84.9 Å². The van der Waals surface area contributed by atoms with Crippen LogP contribution >= 0.6 is 0 Å². The van der Waals surface area contributed by atoms with Gasteiger partial charge in [-0.1, -0.05) is 42.5 Å². The van der Waals surface area contributed by atoms with E-state index >= 15 is 0 Å². The summed E-state index contributed by atoms with van der Waals surface area (Å²) >= 11 is 0. The number of aliphatic hydroxyl groups excluding tert-OH is 1. The first-order chi connectivity index (χ1) is 20.7. The topological polar surface area (TPSA) is 137 Å². The van der Waals surface area contributed by atoms with Crippen LogP contribution in [0.2, 0.25) is 0 Å². The molecule has 4 aromatic carbocycles. The second-order valence-electron chi connectivity index (χ2n) is 10.7. The number of aromatic hydroxyl groups is 4. The van der Waals surface area contributed by atoms with Crippen LogP contribution in [0.4, 0.5) is 0 Å². The Balaban J connectivity index is 1.47. The third kappa shape index (κ3) is 6.93. The van der Waals surface area contributed by atoms with Gasteiger partial charge >= 0.3 is 0 Å². The van der Waals surface area contributed by atoms with E-state index in [1.54, 1.807) is 60.7 Å². The van der Waals surface area contributed by atoms with E-state index in [-0.39, 0.29) is 40.2 Å². The van der Waals surface area contributed by atoms with Crippen molar-refractivity contribution in [2.24, 2.45) is 0 Å². The van der Waals surface area contributed by atoms with Crippen LogP contribution in [-0.4, -0.2) is 44.5 Å². The summed E-state index contributed by atoms with van der Waals surface area (Å²) in [7, 11) is 1.41. The molecule has 0 spiro atoms. The first-order valence-electron chi connectivity index (χ1n) is 14.1. The van der Waals surface area contributed by atoms with Crippen LogP contribution < -0.4 is 9.47 Å². The summed E-state index contributed by atoms with van der Waals surface area (Å²) in [6.07, 6.45) is 3.55. The number of hydrogen-bond acceptors (Lipinski definition) is 8. The molecule has 222 valence electrons. The molecule has 0 aliphatic carbocycles. The summed E-state index contributed by atoms with van der Waals surface area (Å²) < 4.78 is 11.9. The number of phenolic OH excluding ortho intramolecular Hbond substituents is 4. The average molecular weight is 583 g/mol. The Morgan fingerprint density at radius 2 is 1.53 bits per heavy atom. The van der Waals surface area contributed by atoms with Crippen molar-refractivity contribution in [1.29, 1.82) is 0 Å². The molecule has 1 aliphatic rings. The van der Waals surface area contributed by atoms with E-state index in [4.69, 9.17) is 9.47 Å². The largest absolute Gasteiger partial charge is 0.508 e. The molecule has 43 heavy (non-hydrogen) atoms. The maximum atomic E-state index is 13.4. The normalized spacial score (nSPS) is 16.8. The van der Waals surface area contributed by atoms with Crippen LogP contribution in [0.25, 0.3) is 6.08 Å². The van der Waals surface area contributed by atoms with Gasteiger partial charge in [0.05, 0.1) is 13.2 Å². The number of fused-ring (bicyclic) bond motifs is 1. The van der Waals surface area contributed by atoms with Crippen molar-refractivity contribution in [3.8, 4) is 34.5 Å². The summed E-state index contributed by atoms with van der Waals surface area (Å²) in [6, 6.07) is 21.5. The fourth-order valence-corrected chi connectivity index (χ4v) is 5.50. The second kappa shape index (κ2) is 12.9. The van der Waals surface area contributed by atoms with Gasteiger partial charge < -0.3 is 35.0 Å². The van der Waals surface area contributed by atoms with Gasteiger partial charge in [0.2, 0.25) is 0 Å². The number of aryl methyl sites for hydroxylation is 1. The summed E-state index contributed by atoms with van der Waals surface area (Å²) in [5.41, 5.74) is 2.92. The highest BCUT2D eigenvalue weighted by atomic mass is 16.5. The van der Waals surface area contributed by atoms with Crippen molar-refractivity contribution in [3.63, 3.8) is 0 Å². The lowest BCUT2D eigenvalue weighted by atomic mass is 9.81. The monoisotopic (exact) mass is 582 g/mol. The van der Waals surface area contributed by atoms with Crippen LogP contribution in [0, 0.1) is 0 Å². The molecule has 8 heteroatoms. The summed E-state index contributed by atoms with van der Waals surface area (Å²) in [5, 5.41) is 51.6. The van der Waals surface area contributed by atoms with Crippen molar-refractivity contribution < 1.29 is 39.8 Å². The van der Waals surface area contributed by atoms with Crippen molar-refractivity contribution in [1.82, 2.24) is 0 Å². The van der Waals surface area contributed by atoms with Crippen LogP contribution in [-0.2, 0) is 6.42 Å². The predicted molar refractivity (Wildman–Crippen MR) is 162 cm³/mol. The minimum atomic E-state index is -0.722. The van der Waals surface area contributed by atoms with Gasteiger partial charge in [0.15, 0.2) is 5.78 Å². The molecule has 0 aromatic heterocycles. The van der Waals surface area contributed by atoms with Crippen molar-refractivity contribution >= 4 is 11.9 Å². The zero-order valence-corrected chi connectivity index (χ0v) is 23.7. The van der Waals surface area contributed by atoms with E-state index in [2.05, 4.69) is 0 Å². The Morgan fingerprint density at radius 3 is 2.16 bits per heavy atom. The van der Waals surface area contributed by atoms with Gasteiger partial charge in [-0.25, -0.2) is 0 Å². The van der Waals surface area contributed by atoms with Crippen LogP contribution in [0.5, 0.6) is 34.5 Å². The Hall–Kier alpha value is -4.95. The Bertz CT molecular complexity index is 1590. The third-order valence-electron chi connectivity index (χ3n) is 7.75. The van der Waals surface area contributed by atoms with E-state index in [0.29, 0.717) is 42.6 Å². The minimum Gasteiger partial charge on any atom is -0.508 e. The Kier molecular flexibility index (Phi) is 8.87. The zero-order valence-electron chi connectivity index (χ0n) is 23.7. The Labute approximate surface area is 249 Å². The fraction of sp³-hybridized carbons (Fsp3) is 0.229. The molecule has 0 saturated heterocycles. The van der Waals surface area contributed by atoms with Gasteiger partial charge in [-0.15, -0.1) is 0 Å². The highest BCUT2D eigenvalue weighted by Gasteiger charge is 2.36. The highest BCUT2D eigenvalue weighted by Crippen LogP contribution is 2.51. The van der Waals surface area contributed by atoms with Gasteiger partial charge in [0.25, 0.3) is 0 Å². The molecule has 1 aliphatic heterocycles. The number of hydrogen-bond donors (Lipinski definition) is 5. The molecule has 0 amide bonds. The molecular weight excluding hydrogens is 548 g/mol. The molecular formula is C35H34O8. The lowest BCUT2D eigenvalue weighted by Crippen LogP contribution is -2.23. The molecule has 1 heterocycles. The zero-order chi connectivity index (χ0) is 30.5. The van der Waals surface area contributed by atoms with Crippen LogP contribution in [0.1, 0.15) is 63.9 Å². The highest BCUT2D eigenvalue weighted by molar-refractivity contribution is 6.11. The summed E-state index contributed by atoms with van der Waals surface area (Å²) in [4.78, 5) is 13.4.